The molecule has 4 aromatic rings. The van der Waals surface area contributed by atoms with Crippen LogP contribution in [0.1, 0.15) is 21.5 Å². The number of amides is 1. The molecule has 5 nitrogen and oxygen atoms in total. The van der Waals surface area contributed by atoms with Crippen LogP contribution in [0.3, 0.4) is 0 Å². The molecule has 0 saturated heterocycles. The Bertz CT molecular complexity index is 1260. The van der Waals surface area contributed by atoms with Crippen LogP contribution in [-0.4, -0.2) is 19.2 Å². The van der Waals surface area contributed by atoms with Gasteiger partial charge in [0.25, 0.3) is 5.91 Å². The minimum absolute atomic E-state index is 0.264. The van der Waals surface area contributed by atoms with Crippen LogP contribution in [0.5, 0.6) is 11.5 Å². The summed E-state index contributed by atoms with van der Waals surface area (Å²) in [5, 5.41) is 6.00. The molecular weight excluding hydrogens is 468 g/mol. The molecule has 0 unspecified atom stereocenters. The van der Waals surface area contributed by atoms with Gasteiger partial charge < -0.3 is 9.47 Å². The second-order valence-corrected chi connectivity index (χ2v) is 7.97. The summed E-state index contributed by atoms with van der Waals surface area (Å²) < 4.78 is 12.4. The number of methoxy groups -OCH3 is 1. The Balaban J connectivity index is 1.42. The average molecular weight is 489 g/mol. The van der Waals surface area contributed by atoms with Crippen molar-refractivity contribution in [2.45, 2.75) is 6.61 Å². The van der Waals surface area contributed by atoms with Gasteiger partial charge in [-0.25, -0.2) is 5.43 Å². The number of hydrogen-bond donors (Lipinski definition) is 1. The fourth-order valence-corrected chi connectivity index (χ4v) is 3.54. The first-order valence-corrected chi connectivity index (χ1v) is 10.8. The van der Waals surface area contributed by atoms with Crippen molar-refractivity contribution in [2.75, 3.05) is 7.11 Å². The van der Waals surface area contributed by atoms with Gasteiger partial charge in [-0.2, -0.15) is 5.10 Å². The molecule has 0 saturated carbocycles. The fraction of sp³-hybridized carbons (Fsp3) is 0.0769. The molecule has 32 heavy (non-hydrogen) atoms. The monoisotopic (exact) mass is 488 g/mol. The third kappa shape index (κ3) is 5.15. The number of halogens is 1. The maximum atomic E-state index is 12.6. The largest absolute Gasteiger partial charge is 0.493 e. The van der Waals surface area contributed by atoms with Gasteiger partial charge in [0.15, 0.2) is 11.5 Å². The molecule has 0 atom stereocenters. The molecule has 0 aromatic heterocycles. The number of ether oxygens (including phenoxy) is 2. The second kappa shape index (κ2) is 10.1. The molecule has 0 bridgehead atoms. The maximum absolute atomic E-state index is 12.6. The van der Waals surface area contributed by atoms with E-state index in [1.807, 2.05) is 78.9 Å². The highest BCUT2D eigenvalue weighted by molar-refractivity contribution is 9.10. The minimum Gasteiger partial charge on any atom is -0.493 e. The van der Waals surface area contributed by atoms with Crippen LogP contribution >= 0.6 is 15.9 Å². The number of nitrogens with zero attached hydrogens (tertiary/aromatic N) is 1. The van der Waals surface area contributed by atoms with Crippen molar-refractivity contribution in [3.05, 3.63) is 106 Å². The molecular formula is C26H21BrN2O3. The zero-order valence-corrected chi connectivity index (χ0v) is 19.0. The van der Waals surface area contributed by atoms with Gasteiger partial charge in [0.2, 0.25) is 0 Å². The highest BCUT2D eigenvalue weighted by atomic mass is 79.9. The molecule has 4 aromatic carbocycles. The lowest BCUT2D eigenvalue weighted by Gasteiger charge is -2.11. The molecule has 1 N–H and O–H groups in total. The molecule has 0 spiro atoms. The number of benzene rings is 4. The van der Waals surface area contributed by atoms with Crippen molar-refractivity contribution in [3.8, 4) is 11.5 Å². The van der Waals surface area contributed by atoms with E-state index in [1.165, 1.54) is 0 Å². The van der Waals surface area contributed by atoms with Crippen molar-refractivity contribution >= 4 is 38.8 Å². The molecule has 1 amide bonds. The molecule has 0 aliphatic carbocycles. The summed E-state index contributed by atoms with van der Waals surface area (Å²) in [4.78, 5) is 12.6. The second-order valence-electron chi connectivity index (χ2n) is 7.05. The zero-order chi connectivity index (χ0) is 22.3. The number of carbonyl (C=O) groups is 1. The number of fused-ring (bicyclic) bond motifs is 1. The summed E-state index contributed by atoms with van der Waals surface area (Å²) in [7, 11) is 1.59. The lowest BCUT2D eigenvalue weighted by molar-refractivity contribution is 0.0957. The SMILES string of the molecule is COc1cc(/C=N\NC(=O)c2cccc3ccccc23)ccc1OCc1ccc(Br)cc1. The average Bonchev–Trinajstić information content (AvgIpc) is 2.83. The summed E-state index contributed by atoms with van der Waals surface area (Å²) in [5.74, 6) is 0.957. The van der Waals surface area contributed by atoms with Crippen LogP contribution in [-0.2, 0) is 6.61 Å². The number of hydrogen-bond acceptors (Lipinski definition) is 4. The van der Waals surface area contributed by atoms with Crippen LogP contribution in [0, 0.1) is 0 Å². The van der Waals surface area contributed by atoms with E-state index < -0.39 is 0 Å². The lowest BCUT2D eigenvalue weighted by atomic mass is 10.0. The molecule has 6 heteroatoms. The Labute approximate surface area is 194 Å². The number of hydrazone groups is 1. The van der Waals surface area contributed by atoms with E-state index >= 15 is 0 Å². The van der Waals surface area contributed by atoms with Crippen LogP contribution in [0.4, 0.5) is 0 Å². The van der Waals surface area contributed by atoms with Gasteiger partial charge in [0.1, 0.15) is 6.61 Å². The van der Waals surface area contributed by atoms with Crippen molar-refractivity contribution in [1.29, 1.82) is 0 Å². The van der Waals surface area contributed by atoms with Gasteiger partial charge in [-0.3, -0.25) is 4.79 Å². The van der Waals surface area contributed by atoms with E-state index in [4.69, 9.17) is 9.47 Å². The molecule has 4 rings (SSSR count). The van der Waals surface area contributed by atoms with Crippen molar-refractivity contribution in [1.82, 2.24) is 5.43 Å². The van der Waals surface area contributed by atoms with E-state index in [1.54, 1.807) is 19.4 Å². The number of carbonyl (C=O) groups excluding carboxylic acids is 1. The summed E-state index contributed by atoms with van der Waals surface area (Å²) >= 11 is 3.43. The summed E-state index contributed by atoms with van der Waals surface area (Å²) in [6.07, 6.45) is 1.57. The lowest BCUT2D eigenvalue weighted by Crippen LogP contribution is -2.17. The van der Waals surface area contributed by atoms with Gasteiger partial charge in [0.05, 0.1) is 13.3 Å². The van der Waals surface area contributed by atoms with Gasteiger partial charge in [-0.15, -0.1) is 0 Å². The Morgan fingerprint density at radius 2 is 1.75 bits per heavy atom. The number of rotatable bonds is 7. The quantitative estimate of drug-likeness (QED) is 0.258. The van der Waals surface area contributed by atoms with E-state index in [9.17, 15) is 4.79 Å². The topological polar surface area (TPSA) is 59.9 Å². The Morgan fingerprint density at radius 3 is 2.56 bits per heavy atom. The van der Waals surface area contributed by atoms with E-state index in [0.29, 0.717) is 23.7 Å². The molecule has 0 radical (unpaired) electrons. The van der Waals surface area contributed by atoms with Crippen LogP contribution in [0.25, 0.3) is 10.8 Å². The molecule has 0 heterocycles. The van der Waals surface area contributed by atoms with Crippen LogP contribution in [0.2, 0.25) is 0 Å². The first-order valence-electron chi connectivity index (χ1n) is 10.0. The van der Waals surface area contributed by atoms with Crippen LogP contribution < -0.4 is 14.9 Å². The summed E-state index contributed by atoms with van der Waals surface area (Å²) in [6, 6.07) is 26.8. The predicted molar refractivity (Wildman–Crippen MR) is 130 cm³/mol. The van der Waals surface area contributed by atoms with E-state index in [-0.39, 0.29) is 5.91 Å². The molecule has 0 fully saturated rings. The zero-order valence-electron chi connectivity index (χ0n) is 17.4. The van der Waals surface area contributed by atoms with Crippen molar-refractivity contribution in [2.24, 2.45) is 5.10 Å². The third-order valence-corrected chi connectivity index (χ3v) is 5.44. The first kappa shape index (κ1) is 21.6. The minimum atomic E-state index is -0.264. The van der Waals surface area contributed by atoms with E-state index in [0.717, 1.165) is 26.4 Å². The normalized spacial score (nSPS) is 10.9. The smallest absolute Gasteiger partial charge is 0.271 e. The van der Waals surface area contributed by atoms with Gasteiger partial charge in [-0.1, -0.05) is 64.5 Å². The Morgan fingerprint density at radius 1 is 0.969 bits per heavy atom. The Hall–Kier alpha value is -3.64. The third-order valence-electron chi connectivity index (χ3n) is 4.91. The molecule has 0 aliphatic rings. The molecule has 0 aliphatic heterocycles. The standard InChI is InChI=1S/C26H21BrN2O3/c1-31-25-15-19(11-14-24(25)32-17-18-9-12-21(27)13-10-18)16-28-29-26(30)23-8-4-6-20-5-2-3-7-22(20)23/h2-16H,17H2,1H3,(H,29,30)/b28-16-. The van der Waals surface area contributed by atoms with Gasteiger partial charge in [-0.05, 0) is 58.3 Å². The summed E-state index contributed by atoms with van der Waals surface area (Å²) in [6.45, 7) is 0.429. The van der Waals surface area contributed by atoms with E-state index in [2.05, 4.69) is 26.5 Å². The molecule has 160 valence electrons. The van der Waals surface area contributed by atoms with Gasteiger partial charge in [0, 0.05) is 10.0 Å². The van der Waals surface area contributed by atoms with Crippen molar-refractivity contribution < 1.29 is 14.3 Å². The fourth-order valence-electron chi connectivity index (χ4n) is 3.27. The highest BCUT2D eigenvalue weighted by Crippen LogP contribution is 2.28. The predicted octanol–water partition coefficient (Wildman–Crippen LogP) is 5.95. The van der Waals surface area contributed by atoms with Crippen molar-refractivity contribution in [3.63, 3.8) is 0 Å². The first-order chi connectivity index (χ1) is 15.6. The van der Waals surface area contributed by atoms with Gasteiger partial charge >= 0.3 is 0 Å². The maximum Gasteiger partial charge on any atom is 0.271 e. The Kier molecular flexibility index (Phi) is 6.82. The number of nitrogens with one attached hydrogen (secondary N) is 1. The highest BCUT2D eigenvalue weighted by Gasteiger charge is 2.09. The summed E-state index contributed by atoms with van der Waals surface area (Å²) in [5.41, 5.74) is 5.00. The van der Waals surface area contributed by atoms with Crippen LogP contribution in [0.15, 0.2) is 94.5 Å².